The Morgan fingerprint density at radius 1 is 1.53 bits per heavy atom. The van der Waals surface area contributed by atoms with Crippen LogP contribution in [0.4, 0.5) is 0 Å². The molecule has 0 aromatic rings. The van der Waals surface area contributed by atoms with Crippen LogP contribution >= 0.6 is 0 Å². The number of carboxylic acid groups (broad SMARTS) is 1. The minimum Gasteiger partial charge on any atom is -0.481 e. The van der Waals surface area contributed by atoms with Gasteiger partial charge in [-0.25, -0.2) is 0 Å². The van der Waals surface area contributed by atoms with Gasteiger partial charge in [0.05, 0.1) is 5.92 Å². The maximum absolute atomic E-state index is 10.7. The van der Waals surface area contributed by atoms with Gasteiger partial charge in [0.2, 0.25) is 0 Å². The normalized spacial score (nSPS) is 36.5. The molecule has 86 valence electrons. The van der Waals surface area contributed by atoms with E-state index in [0.29, 0.717) is 12.6 Å². The minimum atomic E-state index is -0.705. The van der Waals surface area contributed by atoms with Crippen molar-refractivity contribution in [1.82, 2.24) is 10.2 Å². The molecule has 0 spiro atoms. The van der Waals surface area contributed by atoms with E-state index >= 15 is 0 Å². The van der Waals surface area contributed by atoms with Crippen molar-refractivity contribution in [2.24, 2.45) is 11.8 Å². The zero-order valence-electron chi connectivity index (χ0n) is 9.28. The molecule has 2 bridgehead atoms. The van der Waals surface area contributed by atoms with Crippen LogP contribution in [-0.4, -0.2) is 48.2 Å². The van der Waals surface area contributed by atoms with Crippen LogP contribution in [0.25, 0.3) is 0 Å². The third kappa shape index (κ3) is 2.49. The van der Waals surface area contributed by atoms with Gasteiger partial charge in [-0.3, -0.25) is 4.79 Å². The van der Waals surface area contributed by atoms with Crippen molar-refractivity contribution in [3.05, 3.63) is 0 Å². The summed E-state index contributed by atoms with van der Waals surface area (Å²) < 4.78 is 0. The molecule has 4 heteroatoms. The van der Waals surface area contributed by atoms with E-state index in [9.17, 15) is 4.79 Å². The predicted octanol–water partition coefficient (Wildman–Crippen LogP) is 0.391. The molecule has 3 aliphatic rings. The lowest BCUT2D eigenvalue weighted by molar-refractivity contribution is -0.141. The van der Waals surface area contributed by atoms with Crippen molar-refractivity contribution >= 4 is 5.97 Å². The summed E-state index contributed by atoms with van der Waals surface area (Å²) in [5, 5.41) is 12.2. The largest absolute Gasteiger partial charge is 0.481 e. The fourth-order valence-electron chi connectivity index (χ4n) is 2.61. The zero-order chi connectivity index (χ0) is 10.8. The first-order valence-electron chi connectivity index (χ1n) is 5.85. The molecule has 0 aliphatic carbocycles. The van der Waals surface area contributed by atoms with Crippen LogP contribution < -0.4 is 5.32 Å². The summed E-state index contributed by atoms with van der Waals surface area (Å²) in [6, 6.07) is 0.522. The molecule has 3 saturated heterocycles. The second-order valence-corrected chi connectivity index (χ2v) is 4.89. The Morgan fingerprint density at radius 3 is 2.67 bits per heavy atom. The molecule has 0 radical (unpaired) electrons. The fraction of sp³-hybridized carbons (Fsp3) is 0.909. The van der Waals surface area contributed by atoms with Gasteiger partial charge >= 0.3 is 5.97 Å². The SMILES string of the molecule is CC(CNC1CN2CCC1CC2)C(=O)O. The van der Waals surface area contributed by atoms with E-state index in [-0.39, 0.29) is 5.92 Å². The molecule has 2 atom stereocenters. The second-order valence-electron chi connectivity index (χ2n) is 4.89. The van der Waals surface area contributed by atoms with Crippen LogP contribution in [0.15, 0.2) is 0 Å². The number of nitrogens with zero attached hydrogens (tertiary/aromatic N) is 1. The lowest BCUT2D eigenvalue weighted by Gasteiger charge is -2.45. The molecule has 3 rings (SSSR count). The van der Waals surface area contributed by atoms with Gasteiger partial charge in [-0.2, -0.15) is 0 Å². The Hall–Kier alpha value is -0.610. The van der Waals surface area contributed by atoms with Crippen LogP contribution in [0.1, 0.15) is 19.8 Å². The highest BCUT2D eigenvalue weighted by Crippen LogP contribution is 2.27. The van der Waals surface area contributed by atoms with Crippen LogP contribution in [0, 0.1) is 11.8 Å². The molecule has 15 heavy (non-hydrogen) atoms. The van der Waals surface area contributed by atoms with E-state index in [1.807, 2.05) is 0 Å². The number of aliphatic carboxylic acids is 1. The van der Waals surface area contributed by atoms with E-state index in [4.69, 9.17) is 5.11 Å². The zero-order valence-corrected chi connectivity index (χ0v) is 9.28. The summed E-state index contributed by atoms with van der Waals surface area (Å²) in [6.07, 6.45) is 2.55. The molecular formula is C11H20N2O2. The van der Waals surface area contributed by atoms with E-state index < -0.39 is 5.97 Å². The van der Waals surface area contributed by atoms with Crippen molar-refractivity contribution in [1.29, 1.82) is 0 Å². The lowest BCUT2D eigenvalue weighted by Crippen LogP contribution is -2.56. The Bertz CT molecular complexity index is 237. The van der Waals surface area contributed by atoms with Gasteiger partial charge in [-0.15, -0.1) is 0 Å². The van der Waals surface area contributed by atoms with Crippen molar-refractivity contribution in [2.75, 3.05) is 26.2 Å². The number of carboxylic acids is 1. The van der Waals surface area contributed by atoms with E-state index in [1.54, 1.807) is 6.92 Å². The monoisotopic (exact) mass is 212 g/mol. The topological polar surface area (TPSA) is 52.6 Å². The molecule has 3 aliphatic heterocycles. The van der Waals surface area contributed by atoms with Gasteiger partial charge in [0.1, 0.15) is 0 Å². The maximum Gasteiger partial charge on any atom is 0.307 e. The van der Waals surface area contributed by atoms with Crippen molar-refractivity contribution in [3.63, 3.8) is 0 Å². The quantitative estimate of drug-likeness (QED) is 0.708. The van der Waals surface area contributed by atoms with Crippen LogP contribution in [0.3, 0.4) is 0 Å². The Kier molecular flexibility index (Phi) is 3.26. The third-order valence-electron chi connectivity index (χ3n) is 3.76. The molecule has 3 fully saturated rings. The molecule has 2 unspecified atom stereocenters. The molecule has 4 nitrogen and oxygen atoms in total. The molecule has 3 heterocycles. The summed E-state index contributed by atoms with van der Waals surface area (Å²) in [5.41, 5.74) is 0. The van der Waals surface area contributed by atoms with E-state index in [0.717, 1.165) is 12.5 Å². The standard InChI is InChI=1S/C11H20N2O2/c1-8(11(14)15)6-12-10-7-13-4-2-9(10)3-5-13/h8-10,12H,2-7H2,1H3,(H,14,15). The molecule has 2 N–H and O–H groups in total. The Balaban J connectivity index is 1.78. The smallest absolute Gasteiger partial charge is 0.307 e. The van der Waals surface area contributed by atoms with Crippen LogP contribution in [-0.2, 0) is 4.79 Å². The summed E-state index contributed by atoms with van der Waals surface area (Å²) in [7, 11) is 0. The highest BCUT2D eigenvalue weighted by Gasteiger charge is 2.33. The van der Waals surface area contributed by atoms with Gasteiger partial charge in [0, 0.05) is 19.1 Å². The predicted molar refractivity (Wildman–Crippen MR) is 57.8 cm³/mol. The Labute approximate surface area is 90.6 Å². The Morgan fingerprint density at radius 2 is 2.20 bits per heavy atom. The highest BCUT2D eigenvalue weighted by atomic mass is 16.4. The first kappa shape index (κ1) is 10.9. The van der Waals surface area contributed by atoms with E-state index in [2.05, 4.69) is 10.2 Å². The third-order valence-corrected chi connectivity index (χ3v) is 3.76. The summed E-state index contributed by atoms with van der Waals surface area (Å²) >= 11 is 0. The number of piperidine rings is 3. The lowest BCUT2D eigenvalue weighted by atomic mass is 9.84. The molecule has 0 saturated carbocycles. The van der Waals surface area contributed by atoms with Crippen molar-refractivity contribution in [2.45, 2.75) is 25.8 Å². The molecular weight excluding hydrogens is 192 g/mol. The molecule has 0 aromatic carbocycles. The summed E-state index contributed by atoms with van der Waals surface area (Å²) in [6.45, 7) is 5.94. The maximum atomic E-state index is 10.7. The first-order valence-corrected chi connectivity index (χ1v) is 5.85. The number of fused-ring (bicyclic) bond motifs is 3. The number of nitrogens with one attached hydrogen (secondary N) is 1. The number of carbonyl (C=O) groups is 1. The van der Waals surface area contributed by atoms with Gasteiger partial charge in [0.15, 0.2) is 0 Å². The summed E-state index contributed by atoms with van der Waals surface area (Å²) in [5.74, 6) is -0.208. The van der Waals surface area contributed by atoms with Gasteiger partial charge in [-0.1, -0.05) is 6.92 Å². The van der Waals surface area contributed by atoms with Crippen LogP contribution in [0.5, 0.6) is 0 Å². The second kappa shape index (κ2) is 4.49. The first-order chi connectivity index (χ1) is 7.16. The number of rotatable bonds is 4. The van der Waals surface area contributed by atoms with Gasteiger partial charge in [-0.05, 0) is 31.8 Å². The van der Waals surface area contributed by atoms with Gasteiger partial charge < -0.3 is 15.3 Å². The minimum absolute atomic E-state index is 0.277. The van der Waals surface area contributed by atoms with E-state index in [1.165, 1.54) is 25.9 Å². The molecule has 0 amide bonds. The van der Waals surface area contributed by atoms with Gasteiger partial charge in [0.25, 0.3) is 0 Å². The average Bonchev–Trinajstić information content (AvgIpc) is 2.27. The fourth-order valence-corrected chi connectivity index (χ4v) is 2.61. The van der Waals surface area contributed by atoms with Crippen LogP contribution in [0.2, 0.25) is 0 Å². The average molecular weight is 212 g/mol. The highest BCUT2D eigenvalue weighted by molar-refractivity contribution is 5.69. The van der Waals surface area contributed by atoms with Crippen molar-refractivity contribution < 1.29 is 9.90 Å². The summed E-state index contributed by atoms with van der Waals surface area (Å²) in [4.78, 5) is 13.2. The molecule has 0 aromatic heterocycles. The number of hydrogen-bond acceptors (Lipinski definition) is 3. The van der Waals surface area contributed by atoms with Crippen molar-refractivity contribution in [3.8, 4) is 0 Å². The number of hydrogen-bond donors (Lipinski definition) is 2.